The van der Waals surface area contributed by atoms with E-state index in [0.717, 1.165) is 16.8 Å². The van der Waals surface area contributed by atoms with Crippen molar-refractivity contribution in [3.8, 4) is 5.75 Å². The molecule has 0 unspecified atom stereocenters. The molecule has 21 heavy (non-hydrogen) atoms. The summed E-state index contributed by atoms with van der Waals surface area (Å²) in [5, 5.41) is 3.94. The molecule has 5 heteroatoms. The van der Waals surface area contributed by atoms with Gasteiger partial charge in [0.25, 0.3) is 0 Å². The SMILES string of the molecule is COc1cc(Cl)c(C)cc1NCc1cccc(C(N)=O)c1. The van der Waals surface area contributed by atoms with Gasteiger partial charge in [0.05, 0.1) is 12.8 Å². The van der Waals surface area contributed by atoms with Crippen LogP contribution < -0.4 is 15.8 Å². The van der Waals surface area contributed by atoms with E-state index >= 15 is 0 Å². The summed E-state index contributed by atoms with van der Waals surface area (Å²) in [6, 6.07) is 10.9. The van der Waals surface area contributed by atoms with Crippen molar-refractivity contribution < 1.29 is 9.53 Å². The molecule has 0 spiro atoms. The standard InChI is InChI=1S/C16H17ClN2O2/c1-10-6-14(15(21-2)8-13(10)17)19-9-11-4-3-5-12(7-11)16(18)20/h3-8,19H,9H2,1-2H3,(H2,18,20). The first-order chi connectivity index (χ1) is 10.0. The van der Waals surface area contributed by atoms with Crippen LogP contribution in [0.5, 0.6) is 5.75 Å². The Hall–Kier alpha value is -2.20. The van der Waals surface area contributed by atoms with E-state index in [2.05, 4.69) is 5.32 Å². The molecule has 0 saturated carbocycles. The Balaban J connectivity index is 2.18. The summed E-state index contributed by atoms with van der Waals surface area (Å²) in [6.45, 7) is 2.49. The normalized spacial score (nSPS) is 10.2. The lowest BCUT2D eigenvalue weighted by atomic mass is 10.1. The van der Waals surface area contributed by atoms with Gasteiger partial charge in [0.15, 0.2) is 0 Å². The van der Waals surface area contributed by atoms with Crippen molar-refractivity contribution in [2.75, 3.05) is 12.4 Å². The molecule has 4 nitrogen and oxygen atoms in total. The van der Waals surface area contributed by atoms with Crippen molar-refractivity contribution in [3.05, 3.63) is 58.1 Å². The number of hydrogen-bond donors (Lipinski definition) is 2. The highest BCUT2D eigenvalue weighted by atomic mass is 35.5. The number of nitrogens with two attached hydrogens (primary N) is 1. The zero-order valence-corrected chi connectivity index (χ0v) is 12.7. The molecule has 0 bridgehead atoms. The zero-order chi connectivity index (χ0) is 15.4. The molecule has 0 aliphatic rings. The highest BCUT2D eigenvalue weighted by molar-refractivity contribution is 6.31. The van der Waals surface area contributed by atoms with E-state index in [1.54, 1.807) is 31.4 Å². The smallest absolute Gasteiger partial charge is 0.248 e. The molecule has 2 aromatic carbocycles. The second kappa shape index (κ2) is 6.50. The predicted octanol–water partition coefficient (Wildman–Crippen LogP) is 3.37. The third-order valence-electron chi connectivity index (χ3n) is 3.18. The highest BCUT2D eigenvalue weighted by Crippen LogP contribution is 2.31. The molecule has 0 aromatic heterocycles. The zero-order valence-electron chi connectivity index (χ0n) is 11.9. The molecular weight excluding hydrogens is 288 g/mol. The minimum absolute atomic E-state index is 0.434. The van der Waals surface area contributed by atoms with Gasteiger partial charge in [-0.15, -0.1) is 0 Å². The van der Waals surface area contributed by atoms with Crippen LogP contribution in [-0.4, -0.2) is 13.0 Å². The number of carbonyl (C=O) groups excluding carboxylic acids is 1. The van der Waals surface area contributed by atoms with E-state index < -0.39 is 5.91 Å². The van der Waals surface area contributed by atoms with Crippen LogP contribution in [0.4, 0.5) is 5.69 Å². The number of nitrogens with one attached hydrogen (secondary N) is 1. The van der Waals surface area contributed by atoms with Crippen LogP contribution in [0.3, 0.4) is 0 Å². The molecule has 2 rings (SSSR count). The lowest BCUT2D eigenvalue weighted by Crippen LogP contribution is -2.11. The molecule has 0 radical (unpaired) electrons. The number of halogens is 1. The lowest BCUT2D eigenvalue weighted by molar-refractivity contribution is 0.1000. The number of anilines is 1. The molecule has 0 fully saturated rings. The van der Waals surface area contributed by atoms with Crippen molar-refractivity contribution >= 4 is 23.2 Å². The van der Waals surface area contributed by atoms with E-state index in [1.165, 1.54) is 0 Å². The maximum atomic E-state index is 11.2. The monoisotopic (exact) mass is 304 g/mol. The summed E-state index contributed by atoms with van der Waals surface area (Å²) in [6.07, 6.45) is 0. The molecule has 2 aromatic rings. The Kier molecular flexibility index (Phi) is 4.70. The van der Waals surface area contributed by atoms with Crippen LogP contribution in [0.1, 0.15) is 21.5 Å². The number of primary amides is 1. The summed E-state index contributed by atoms with van der Waals surface area (Å²) in [7, 11) is 1.60. The summed E-state index contributed by atoms with van der Waals surface area (Å²) in [4.78, 5) is 11.2. The van der Waals surface area contributed by atoms with Gasteiger partial charge in [-0.1, -0.05) is 23.7 Å². The Bertz CT molecular complexity index is 671. The topological polar surface area (TPSA) is 64.3 Å². The largest absolute Gasteiger partial charge is 0.495 e. The van der Waals surface area contributed by atoms with E-state index in [0.29, 0.717) is 22.9 Å². The van der Waals surface area contributed by atoms with Gasteiger partial charge in [-0.05, 0) is 36.2 Å². The minimum Gasteiger partial charge on any atom is -0.495 e. The van der Waals surface area contributed by atoms with Crippen molar-refractivity contribution in [2.45, 2.75) is 13.5 Å². The molecule has 0 atom stereocenters. The van der Waals surface area contributed by atoms with Gasteiger partial charge in [0, 0.05) is 23.2 Å². The van der Waals surface area contributed by atoms with E-state index in [9.17, 15) is 4.79 Å². The summed E-state index contributed by atoms with van der Waals surface area (Å²) in [5.74, 6) is 0.244. The Morgan fingerprint density at radius 2 is 2.10 bits per heavy atom. The van der Waals surface area contributed by atoms with Crippen LogP contribution in [-0.2, 0) is 6.54 Å². The fraction of sp³-hybridized carbons (Fsp3) is 0.188. The summed E-state index contributed by atoms with van der Waals surface area (Å²) < 4.78 is 5.31. The molecule has 1 amide bonds. The van der Waals surface area contributed by atoms with Gasteiger partial charge in [-0.3, -0.25) is 4.79 Å². The van der Waals surface area contributed by atoms with Crippen LogP contribution in [0.2, 0.25) is 5.02 Å². The average molecular weight is 305 g/mol. The number of rotatable bonds is 5. The van der Waals surface area contributed by atoms with Crippen LogP contribution in [0.25, 0.3) is 0 Å². The Labute approximate surface area is 128 Å². The Morgan fingerprint density at radius 3 is 2.76 bits per heavy atom. The number of ether oxygens (including phenoxy) is 1. The first-order valence-corrected chi connectivity index (χ1v) is 6.86. The second-order valence-electron chi connectivity index (χ2n) is 4.72. The number of hydrogen-bond acceptors (Lipinski definition) is 3. The van der Waals surface area contributed by atoms with Crippen molar-refractivity contribution in [1.29, 1.82) is 0 Å². The Morgan fingerprint density at radius 1 is 1.33 bits per heavy atom. The maximum absolute atomic E-state index is 11.2. The van der Waals surface area contributed by atoms with Gasteiger partial charge >= 0.3 is 0 Å². The number of carbonyl (C=O) groups is 1. The van der Waals surface area contributed by atoms with E-state index in [-0.39, 0.29) is 0 Å². The quantitative estimate of drug-likeness (QED) is 0.890. The number of benzene rings is 2. The number of methoxy groups -OCH3 is 1. The van der Waals surface area contributed by atoms with Gasteiger partial charge in [-0.2, -0.15) is 0 Å². The molecule has 0 saturated heterocycles. The predicted molar refractivity (Wildman–Crippen MR) is 85.0 cm³/mol. The molecule has 0 heterocycles. The number of aryl methyl sites for hydroxylation is 1. The molecule has 0 aliphatic heterocycles. The maximum Gasteiger partial charge on any atom is 0.248 e. The van der Waals surface area contributed by atoms with E-state index in [1.807, 2.05) is 19.1 Å². The fourth-order valence-corrected chi connectivity index (χ4v) is 2.16. The molecule has 0 aliphatic carbocycles. The summed E-state index contributed by atoms with van der Waals surface area (Å²) in [5.41, 5.74) is 8.55. The fourth-order valence-electron chi connectivity index (χ4n) is 2.00. The average Bonchev–Trinajstić information content (AvgIpc) is 2.48. The first-order valence-electron chi connectivity index (χ1n) is 6.48. The lowest BCUT2D eigenvalue weighted by Gasteiger charge is -2.13. The molecule has 110 valence electrons. The third kappa shape index (κ3) is 3.67. The van der Waals surface area contributed by atoms with Gasteiger partial charge in [0.1, 0.15) is 5.75 Å². The number of amides is 1. The van der Waals surface area contributed by atoms with Crippen LogP contribution in [0, 0.1) is 6.92 Å². The second-order valence-corrected chi connectivity index (χ2v) is 5.13. The first kappa shape index (κ1) is 15.2. The van der Waals surface area contributed by atoms with E-state index in [4.69, 9.17) is 22.1 Å². The van der Waals surface area contributed by atoms with Crippen LogP contribution in [0.15, 0.2) is 36.4 Å². The van der Waals surface area contributed by atoms with Gasteiger partial charge in [0.2, 0.25) is 5.91 Å². The molecule has 3 N–H and O–H groups in total. The van der Waals surface area contributed by atoms with Crippen molar-refractivity contribution in [3.63, 3.8) is 0 Å². The highest BCUT2D eigenvalue weighted by Gasteiger charge is 2.07. The van der Waals surface area contributed by atoms with Gasteiger partial charge < -0.3 is 15.8 Å². The van der Waals surface area contributed by atoms with Gasteiger partial charge in [-0.25, -0.2) is 0 Å². The van der Waals surface area contributed by atoms with Crippen molar-refractivity contribution in [1.82, 2.24) is 0 Å². The van der Waals surface area contributed by atoms with Crippen LogP contribution >= 0.6 is 11.6 Å². The summed E-state index contributed by atoms with van der Waals surface area (Å²) >= 11 is 6.08. The minimum atomic E-state index is -0.434. The van der Waals surface area contributed by atoms with Crippen molar-refractivity contribution in [2.24, 2.45) is 5.73 Å². The molecular formula is C16H17ClN2O2. The third-order valence-corrected chi connectivity index (χ3v) is 3.58.